The molecule has 1 atom stereocenters. The quantitative estimate of drug-likeness (QED) is 0.491. The van der Waals surface area contributed by atoms with Gasteiger partial charge in [-0.05, 0) is 0 Å². The number of hydrogen-bond acceptors (Lipinski definition) is 4. The monoisotopic (exact) mass is 226 g/mol. The van der Waals surface area contributed by atoms with Gasteiger partial charge in [-0.2, -0.15) is 13.1 Å². The van der Waals surface area contributed by atoms with Crippen molar-refractivity contribution in [1.29, 1.82) is 0 Å². The van der Waals surface area contributed by atoms with Gasteiger partial charge in [0.25, 0.3) is 10.2 Å². The van der Waals surface area contributed by atoms with Gasteiger partial charge < -0.3 is 9.84 Å². The van der Waals surface area contributed by atoms with Crippen LogP contribution in [0.1, 0.15) is 6.92 Å². The molecule has 0 aliphatic rings. The third kappa shape index (κ3) is 5.12. The maximum absolute atomic E-state index is 11.1. The minimum Gasteiger partial charge on any atom is -0.480 e. The fraction of sp³-hybridized carbons (Fsp3) is 0.833. The van der Waals surface area contributed by atoms with Crippen molar-refractivity contribution >= 4 is 16.2 Å². The molecule has 0 aromatic heterocycles. The molecule has 0 rings (SSSR count). The SMILES string of the molecule is CCNS(=O)(=O)NC(COC)C(=O)O. The summed E-state index contributed by atoms with van der Waals surface area (Å²) >= 11 is 0. The van der Waals surface area contributed by atoms with Gasteiger partial charge in [0.1, 0.15) is 6.04 Å². The lowest BCUT2D eigenvalue weighted by Gasteiger charge is -2.13. The van der Waals surface area contributed by atoms with Gasteiger partial charge in [-0.25, -0.2) is 4.72 Å². The highest BCUT2D eigenvalue weighted by molar-refractivity contribution is 7.87. The molecule has 0 aromatic rings. The van der Waals surface area contributed by atoms with Crippen molar-refractivity contribution in [1.82, 2.24) is 9.44 Å². The first kappa shape index (κ1) is 13.3. The van der Waals surface area contributed by atoms with E-state index in [1.54, 1.807) is 6.92 Å². The van der Waals surface area contributed by atoms with E-state index in [-0.39, 0.29) is 13.2 Å². The zero-order valence-electron chi connectivity index (χ0n) is 7.98. The second kappa shape index (κ2) is 5.91. The predicted octanol–water partition coefficient (Wildman–Crippen LogP) is -1.47. The first-order chi connectivity index (χ1) is 6.43. The van der Waals surface area contributed by atoms with Crippen LogP contribution in [0.4, 0.5) is 0 Å². The van der Waals surface area contributed by atoms with E-state index in [0.29, 0.717) is 0 Å². The Labute approximate surface area is 82.6 Å². The van der Waals surface area contributed by atoms with Crippen LogP contribution in [-0.4, -0.2) is 45.8 Å². The molecule has 0 saturated heterocycles. The molecule has 14 heavy (non-hydrogen) atoms. The highest BCUT2D eigenvalue weighted by Crippen LogP contribution is 1.88. The Morgan fingerprint density at radius 2 is 2.14 bits per heavy atom. The van der Waals surface area contributed by atoms with Crippen LogP contribution in [0.3, 0.4) is 0 Å². The number of aliphatic carboxylic acids is 1. The minimum absolute atomic E-state index is 0.189. The molecule has 3 N–H and O–H groups in total. The third-order valence-electron chi connectivity index (χ3n) is 1.26. The van der Waals surface area contributed by atoms with Crippen molar-refractivity contribution in [3.8, 4) is 0 Å². The van der Waals surface area contributed by atoms with Crippen LogP contribution in [0.15, 0.2) is 0 Å². The second-order valence-corrected chi connectivity index (χ2v) is 4.00. The predicted molar refractivity (Wildman–Crippen MR) is 49.0 cm³/mol. The number of hydrogen-bond donors (Lipinski definition) is 3. The minimum atomic E-state index is -3.76. The van der Waals surface area contributed by atoms with E-state index >= 15 is 0 Å². The highest BCUT2D eigenvalue weighted by atomic mass is 32.2. The zero-order chi connectivity index (χ0) is 11.2. The van der Waals surface area contributed by atoms with Crippen molar-refractivity contribution in [3.05, 3.63) is 0 Å². The molecule has 8 heteroatoms. The molecule has 0 aromatic carbocycles. The van der Waals surface area contributed by atoms with Crippen LogP contribution in [0.2, 0.25) is 0 Å². The van der Waals surface area contributed by atoms with Crippen LogP contribution in [0, 0.1) is 0 Å². The van der Waals surface area contributed by atoms with Crippen molar-refractivity contribution in [2.75, 3.05) is 20.3 Å². The molecule has 1 unspecified atom stereocenters. The number of methoxy groups -OCH3 is 1. The number of carbonyl (C=O) groups is 1. The lowest BCUT2D eigenvalue weighted by molar-refractivity contribution is -0.140. The van der Waals surface area contributed by atoms with Crippen molar-refractivity contribution < 1.29 is 23.1 Å². The molecule has 0 bridgehead atoms. The number of carboxylic acids is 1. The Morgan fingerprint density at radius 1 is 1.57 bits per heavy atom. The Morgan fingerprint density at radius 3 is 2.50 bits per heavy atom. The van der Waals surface area contributed by atoms with Crippen LogP contribution in [0.25, 0.3) is 0 Å². The van der Waals surface area contributed by atoms with Crippen LogP contribution >= 0.6 is 0 Å². The number of rotatable bonds is 7. The molecule has 0 aliphatic heterocycles. The van der Waals surface area contributed by atoms with Gasteiger partial charge in [0.2, 0.25) is 0 Å². The second-order valence-electron chi connectivity index (χ2n) is 2.47. The molecule has 84 valence electrons. The normalized spacial score (nSPS) is 13.9. The van der Waals surface area contributed by atoms with E-state index in [2.05, 4.69) is 9.46 Å². The molecule has 0 aliphatic carbocycles. The Kier molecular flexibility index (Phi) is 5.62. The molecule has 0 amide bonds. The topological polar surface area (TPSA) is 105 Å². The molecular formula is C6H14N2O5S. The largest absolute Gasteiger partial charge is 0.480 e. The van der Waals surface area contributed by atoms with Crippen molar-refractivity contribution in [3.63, 3.8) is 0 Å². The first-order valence-electron chi connectivity index (χ1n) is 3.91. The Hall–Kier alpha value is -0.700. The van der Waals surface area contributed by atoms with Gasteiger partial charge >= 0.3 is 5.97 Å². The summed E-state index contributed by atoms with van der Waals surface area (Å²) in [6.45, 7) is 1.56. The van der Waals surface area contributed by atoms with E-state index in [4.69, 9.17) is 5.11 Å². The average molecular weight is 226 g/mol. The van der Waals surface area contributed by atoms with E-state index in [0.717, 1.165) is 0 Å². The molecule has 7 nitrogen and oxygen atoms in total. The van der Waals surface area contributed by atoms with Gasteiger partial charge in [-0.3, -0.25) is 4.79 Å². The van der Waals surface area contributed by atoms with E-state index < -0.39 is 22.2 Å². The third-order valence-corrected chi connectivity index (χ3v) is 2.53. The number of nitrogens with one attached hydrogen (secondary N) is 2. The number of ether oxygens (including phenoxy) is 1. The fourth-order valence-electron chi connectivity index (χ4n) is 0.741. The van der Waals surface area contributed by atoms with Crippen molar-refractivity contribution in [2.45, 2.75) is 13.0 Å². The standard InChI is InChI=1S/C6H14N2O5S/c1-3-7-14(11,12)8-5(4-13-2)6(9)10/h5,7-8H,3-4H2,1-2H3,(H,9,10). The maximum atomic E-state index is 11.1. The molecule has 0 saturated carbocycles. The summed E-state index contributed by atoms with van der Waals surface area (Å²) in [7, 11) is -2.47. The fourth-order valence-corrected chi connectivity index (χ4v) is 1.75. The van der Waals surface area contributed by atoms with Crippen LogP contribution < -0.4 is 9.44 Å². The Balaban J connectivity index is 4.36. The smallest absolute Gasteiger partial charge is 0.324 e. The molecule has 0 spiro atoms. The summed E-state index contributed by atoms with van der Waals surface area (Å²) in [4.78, 5) is 10.5. The van der Waals surface area contributed by atoms with E-state index in [1.807, 2.05) is 4.72 Å². The molecule has 0 radical (unpaired) electrons. The Bertz CT molecular complexity index is 276. The molecule has 0 fully saturated rings. The summed E-state index contributed by atoms with van der Waals surface area (Å²) in [5.41, 5.74) is 0. The summed E-state index contributed by atoms with van der Waals surface area (Å²) in [6, 6.07) is -1.27. The van der Waals surface area contributed by atoms with Crippen LogP contribution in [0.5, 0.6) is 0 Å². The lowest BCUT2D eigenvalue weighted by Crippen LogP contribution is -2.48. The van der Waals surface area contributed by atoms with Gasteiger partial charge in [0, 0.05) is 13.7 Å². The first-order valence-corrected chi connectivity index (χ1v) is 5.40. The number of carboxylic acid groups (broad SMARTS) is 1. The van der Waals surface area contributed by atoms with E-state index in [9.17, 15) is 13.2 Å². The molecule has 0 heterocycles. The summed E-state index contributed by atoms with van der Waals surface area (Å²) in [5, 5.41) is 8.60. The molecular weight excluding hydrogens is 212 g/mol. The summed E-state index contributed by atoms with van der Waals surface area (Å²) in [5.74, 6) is -1.28. The van der Waals surface area contributed by atoms with Crippen LogP contribution in [-0.2, 0) is 19.7 Å². The van der Waals surface area contributed by atoms with E-state index in [1.165, 1.54) is 7.11 Å². The van der Waals surface area contributed by atoms with Gasteiger partial charge in [-0.15, -0.1) is 0 Å². The average Bonchev–Trinajstić information content (AvgIpc) is 2.02. The summed E-state index contributed by atoms with van der Waals surface area (Å²) < 4.78 is 30.8. The summed E-state index contributed by atoms with van der Waals surface area (Å²) in [6.07, 6.45) is 0. The van der Waals surface area contributed by atoms with Gasteiger partial charge in [-0.1, -0.05) is 6.92 Å². The lowest BCUT2D eigenvalue weighted by atomic mass is 10.3. The maximum Gasteiger partial charge on any atom is 0.324 e. The zero-order valence-corrected chi connectivity index (χ0v) is 8.80. The highest BCUT2D eigenvalue weighted by Gasteiger charge is 2.22. The van der Waals surface area contributed by atoms with Gasteiger partial charge in [0.15, 0.2) is 0 Å². The van der Waals surface area contributed by atoms with Gasteiger partial charge in [0.05, 0.1) is 6.61 Å². The van der Waals surface area contributed by atoms with Crippen molar-refractivity contribution in [2.24, 2.45) is 0 Å².